The molecule has 2 aromatic carbocycles. The lowest BCUT2D eigenvalue weighted by Crippen LogP contribution is -2.20. The Hall–Kier alpha value is -2.05. The Labute approximate surface area is 140 Å². The molecule has 0 heterocycles. The molecule has 0 saturated heterocycles. The van der Waals surface area contributed by atoms with Gasteiger partial charge in [0.05, 0.1) is 10.6 Å². The zero-order valence-corrected chi connectivity index (χ0v) is 14.5. The summed E-state index contributed by atoms with van der Waals surface area (Å²) >= 11 is 5.87. The molecule has 0 radical (unpaired) electrons. The number of benzene rings is 2. The van der Waals surface area contributed by atoms with Gasteiger partial charge in [-0.1, -0.05) is 17.7 Å². The minimum atomic E-state index is -3.80. The van der Waals surface area contributed by atoms with Gasteiger partial charge < -0.3 is 5.32 Å². The molecule has 0 atom stereocenters. The van der Waals surface area contributed by atoms with E-state index in [1.54, 1.807) is 38.1 Å². The Kier molecular flexibility index (Phi) is 4.97. The Morgan fingerprint density at radius 2 is 1.74 bits per heavy atom. The predicted molar refractivity (Wildman–Crippen MR) is 91.6 cm³/mol. The van der Waals surface area contributed by atoms with E-state index in [9.17, 15) is 13.2 Å². The molecule has 0 fully saturated rings. The largest absolute Gasteiger partial charge is 0.355 e. The highest BCUT2D eigenvalue weighted by atomic mass is 35.5. The van der Waals surface area contributed by atoms with Gasteiger partial charge in [0, 0.05) is 17.6 Å². The SMILES string of the molecule is CNC(=O)c1cc(S(=O)(=O)Nc2ccc(Cl)cc2C)ccc1C. The van der Waals surface area contributed by atoms with Crippen LogP contribution in [0.1, 0.15) is 21.5 Å². The van der Waals surface area contributed by atoms with Gasteiger partial charge in [0.2, 0.25) is 0 Å². The lowest BCUT2D eigenvalue weighted by atomic mass is 10.1. The van der Waals surface area contributed by atoms with Gasteiger partial charge in [-0.15, -0.1) is 0 Å². The van der Waals surface area contributed by atoms with Gasteiger partial charge in [0.15, 0.2) is 0 Å². The van der Waals surface area contributed by atoms with Crippen LogP contribution in [0.25, 0.3) is 0 Å². The van der Waals surface area contributed by atoms with Crippen LogP contribution in [0.3, 0.4) is 0 Å². The highest BCUT2D eigenvalue weighted by Crippen LogP contribution is 2.24. The van der Waals surface area contributed by atoms with Crippen molar-refractivity contribution in [2.24, 2.45) is 0 Å². The van der Waals surface area contributed by atoms with E-state index in [0.717, 1.165) is 0 Å². The number of sulfonamides is 1. The molecule has 122 valence electrons. The first-order valence-corrected chi connectivity index (χ1v) is 8.72. The van der Waals surface area contributed by atoms with E-state index < -0.39 is 10.0 Å². The molecule has 1 amide bonds. The summed E-state index contributed by atoms with van der Waals surface area (Å²) in [5, 5.41) is 3.03. The van der Waals surface area contributed by atoms with Gasteiger partial charge in [0.25, 0.3) is 15.9 Å². The molecule has 2 aromatic rings. The Morgan fingerprint density at radius 3 is 2.35 bits per heavy atom. The minimum absolute atomic E-state index is 0.0241. The van der Waals surface area contributed by atoms with E-state index in [-0.39, 0.29) is 10.8 Å². The molecule has 5 nitrogen and oxygen atoms in total. The molecule has 0 aromatic heterocycles. The smallest absolute Gasteiger partial charge is 0.261 e. The number of rotatable bonds is 4. The lowest BCUT2D eigenvalue weighted by Gasteiger charge is -2.12. The van der Waals surface area contributed by atoms with Crippen molar-refractivity contribution in [1.29, 1.82) is 0 Å². The van der Waals surface area contributed by atoms with Gasteiger partial charge in [-0.25, -0.2) is 8.42 Å². The summed E-state index contributed by atoms with van der Waals surface area (Å²) in [6.45, 7) is 3.51. The summed E-state index contributed by atoms with van der Waals surface area (Å²) < 4.78 is 27.6. The number of hydrogen-bond donors (Lipinski definition) is 2. The second kappa shape index (κ2) is 6.60. The Balaban J connectivity index is 2.42. The first-order chi connectivity index (χ1) is 10.7. The predicted octanol–water partition coefficient (Wildman–Crippen LogP) is 3.12. The second-order valence-electron chi connectivity index (χ2n) is 5.12. The average molecular weight is 353 g/mol. The van der Waals surface area contributed by atoms with Crippen LogP contribution >= 0.6 is 11.6 Å². The van der Waals surface area contributed by atoms with Crippen molar-refractivity contribution >= 4 is 33.2 Å². The van der Waals surface area contributed by atoms with Crippen LogP contribution in [0.2, 0.25) is 5.02 Å². The number of carbonyl (C=O) groups excluding carboxylic acids is 1. The molecule has 0 bridgehead atoms. The maximum atomic E-state index is 12.5. The number of aryl methyl sites for hydroxylation is 2. The lowest BCUT2D eigenvalue weighted by molar-refractivity contribution is 0.0962. The van der Waals surface area contributed by atoms with Crippen LogP contribution < -0.4 is 10.0 Å². The fourth-order valence-corrected chi connectivity index (χ4v) is 3.48. The molecule has 0 aliphatic heterocycles. The van der Waals surface area contributed by atoms with E-state index in [2.05, 4.69) is 10.0 Å². The highest BCUT2D eigenvalue weighted by molar-refractivity contribution is 7.92. The van der Waals surface area contributed by atoms with Crippen LogP contribution in [-0.2, 0) is 10.0 Å². The average Bonchev–Trinajstić information content (AvgIpc) is 2.49. The summed E-state index contributed by atoms with van der Waals surface area (Å²) in [5.74, 6) is -0.331. The van der Waals surface area contributed by atoms with Crippen molar-refractivity contribution < 1.29 is 13.2 Å². The quantitative estimate of drug-likeness (QED) is 0.887. The first-order valence-electron chi connectivity index (χ1n) is 6.86. The van der Waals surface area contributed by atoms with Gasteiger partial charge in [0.1, 0.15) is 0 Å². The molecule has 7 heteroatoms. The third-order valence-corrected chi connectivity index (χ3v) is 5.02. The molecular weight excluding hydrogens is 336 g/mol. The maximum Gasteiger partial charge on any atom is 0.261 e. The van der Waals surface area contributed by atoms with Gasteiger partial charge in [-0.05, 0) is 55.3 Å². The fraction of sp³-hybridized carbons (Fsp3) is 0.188. The zero-order chi connectivity index (χ0) is 17.2. The van der Waals surface area contributed by atoms with Gasteiger partial charge >= 0.3 is 0 Å². The van der Waals surface area contributed by atoms with Crippen LogP contribution in [0.4, 0.5) is 5.69 Å². The van der Waals surface area contributed by atoms with E-state index in [1.807, 2.05) is 0 Å². The number of amides is 1. The highest BCUT2D eigenvalue weighted by Gasteiger charge is 2.18. The van der Waals surface area contributed by atoms with E-state index in [1.165, 1.54) is 19.2 Å². The first kappa shape index (κ1) is 17.3. The third kappa shape index (κ3) is 3.83. The Morgan fingerprint density at radius 1 is 1.04 bits per heavy atom. The Bertz CT molecular complexity index is 864. The van der Waals surface area contributed by atoms with Crippen LogP contribution in [0.15, 0.2) is 41.3 Å². The normalized spacial score (nSPS) is 11.1. The molecule has 0 saturated carbocycles. The van der Waals surface area contributed by atoms with E-state index in [0.29, 0.717) is 27.4 Å². The third-order valence-electron chi connectivity index (χ3n) is 3.42. The number of nitrogens with one attached hydrogen (secondary N) is 2. The molecule has 0 spiro atoms. The molecule has 0 unspecified atom stereocenters. The molecule has 0 aliphatic rings. The standard InChI is InChI=1S/C16H17ClN2O3S/c1-10-4-6-13(9-14(10)16(20)18-3)23(21,22)19-15-7-5-12(17)8-11(15)2/h4-9,19H,1-3H3,(H,18,20). The summed E-state index contributed by atoms with van der Waals surface area (Å²) in [6.07, 6.45) is 0. The van der Waals surface area contributed by atoms with Crippen molar-refractivity contribution in [3.8, 4) is 0 Å². The van der Waals surface area contributed by atoms with Gasteiger partial charge in [-0.3, -0.25) is 9.52 Å². The van der Waals surface area contributed by atoms with Crippen molar-refractivity contribution in [2.75, 3.05) is 11.8 Å². The number of hydrogen-bond acceptors (Lipinski definition) is 3. The van der Waals surface area contributed by atoms with E-state index >= 15 is 0 Å². The summed E-state index contributed by atoms with van der Waals surface area (Å²) in [7, 11) is -2.30. The topological polar surface area (TPSA) is 75.3 Å². The molecular formula is C16H17ClN2O3S. The minimum Gasteiger partial charge on any atom is -0.355 e. The van der Waals surface area contributed by atoms with Gasteiger partial charge in [-0.2, -0.15) is 0 Å². The van der Waals surface area contributed by atoms with Crippen LogP contribution in [0, 0.1) is 13.8 Å². The summed E-state index contributed by atoms with van der Waals surface area (Å²) in [4.78, 5) is 11.8. The molecule has 2 N–H and O–H groups in total. The molecule has 0 aliphatic carbocycles. The van der Waals surface area contributed by atoms with Crippen molar-refractivity contribution in [1.82, 2.24) is 5.32 Å². The van der Waals surface area contributed by atoms with Crippen molar-refractivity contribution in [3.63, 3.8) is 0 Å². The fourth-order valence-electron chi connectivity index (χ4n) is 2.09. The monoisotopic (exact) mass is 352 g/mol. The molecule has 23 heavy (non-hydrogen) atoms. The summed E-state index contributed by atoms with van der Waals surface area (Å²) in [5.41, 5.74) is 2.17. The number of halogens is 1. The van der Waals surface area contributed by atoms with E-state index in [4.69, 9.17) is 11.6 Å². The summed E-state index contributed by atoms with van der Waals surface area (Å²) in [6, 6.07) is 9.32. The van der Waals surface area contributed by atoms with Crippen LogP contribution in [0.5, 0.6) is 0 Å². The number of carbonyl (C=O) groups is 1. The zero-order valence-electron chi connectivity index (χ0n) is 13.0. The number of anilines is 1. The van der Waals surface area contributed by atoms with Crippen molar-refractivity contribution in [3.05, 3.63) is 58.1 Å². The van der Waals surface area contributed by atoms with Crippen molar-refractivity contribution in [2.45, 2.75) is 18.7 Å². The van der Waals surface area contributed by atoms with Crippen LogP contribution in [-0.4, -0.2) is 21.4 Å². The second-order valence-corrected chi connectivity index (χ2v) is 7.24. The maximum absolute atomic E-state index is 12.5. The molecule has 2 rings (SSSR count).